The third-order valence-electron chi connectivity index (χ3n) is 3.87. The van der Waals surface area contributed by atoms with E-state index in [1.807, 2.05) is 19.1 Å². The van der Waals surface area contributed by atoms with Gasteiger partial charge in [-0.25, -0.2) is 9.59 Å². The van der Waals surface area contributed by atoms with Crippen LogP contribution >= 0.6 is 0 Å². The minimum absolute atomic E-state index is 0.166. The van der Waals surface area contributed by atoms with Crippen molar-refractivity contribution >= 4 is 11.9 Å². The molecular weight excluding hydrogens is 344 g/mol. The number of esters is 2. The average molecular weight is 362 g/mol. The highest BCUT2D eigenvalue weighted by atomic mass is 16.6. The van der Waals surface area contributed by atoms with Crippen molar-refractivity contribution in [3.63, 3.8) is 0 Å². The Kier molecular flexibility index (Phi) is 5.52. The van der Waals surface area contributed by atoms with E-state index in [9.17, 15) is 9.59 Å². The highest BCUT2D eigenvalue weighted by molar-refractivity contribution is 5.93. The van der Waals surface area contributed by atoms with Crippen LogP contribution in [0.3, 0.4) is 0 Å². The second-order valence-electron chi connectivity index (χ2n) is 5.82. The molecule has 0 amide bonds. The van der Waals surface area contributed by atoms with E-state index in [2.05, 4.69) is 0 Å². The van der Waals surface area contributed by atoms with E-state index in [4.69, 9.17) is 14.2 Å². The number of hydrogen-bond donors (Lipinski definition) is 0. The van der Waals surface area contributed by atoms with Crippen LogP contribution in [0.5, 0.6) is 17.2 Å². The second-order valence-corrected chi connectivity index (χ2v) is 5.82. The molecule has 0 saturated carbocycles. The van der Waals surface area contributed by atoms with Gasteiger partial charge >= 0.3 is 11.9 Å². The van der Waals surface area contributed by atoms with Gasteiger partial charge in [0.05, 0.1) is 18.2 Å². The van der Waals surface area contributed by atoms with Gasteiger partial charge in [0, 0.05) is 0 Å². The molecule has 0 unspecified atom stereocenters. The summed E-state index contributed by atoms with van der Waals surface area (Å²) in [4.78, 5) is 24.7. The Morgan fingerprint density at radius 3 is 1.56 bits per heavy atom. The fourth-order valence-corrected chi connectivity index (χ4v) is 2.35. The number of rotatable bonds is 5. The standard InChI is InChI=1S/C22H18O5/c1-15-7-9-16(10-8-15)21(23)26-19-5-3-4-6-20(19)27-22(24)17-11-13-18(25-2)14-12-17/h3-14H,1-2H3. The van der Waals surface area contributed by atoms with Crippen LogP contribution < -0.4 is 14.2 Å². The van der Waals surface area contributed by atoms with Gasteiger partial charge in [0.1, 0.15) is 5.75 Å². The van der Waals surface area contributed by atoms with Crippen molar-refractivity contribution in [1.82, 2.24) is 0 Å². The van der Waals surface area contributed by atoms with Crippen LogP contribution in [-0.2, 0) is 0 Å². The maximum atomic E-state index is 12.4. The first-order valence-electron chi connectivity index (χ1n) is 8.31. The quantitative estimate of drug-likeness (QED) is 0.496. The molecule has 5 nitrogen and oxygen atoms in total. The lowest BCUT2D eigenvalue weighted by Gasteiger charge is -2.10. The summed E-state index contributed by atoms with van der Waals surface area (Å²) in [6.07, 6.45) is 0. The van der Waals surface area contributed by atoms with Gasteiger partial charge < -0.3 is 14.2 Å². The Balaban J connectivity index is 1.76. The molecule has 0 saturated heterocycles. The molecule has 3 aromatic carbocycles. The van der Waals surface area contributed by atoms with Crippen LogP contribution in [0.15, 0.2) is 72.8 Å². The van der Waals surface area contributed by atoms with Crippen LogP contribution in [-0.4, -0.2) is 19.0 Å². The molecule has 0 aromatic heterocycles. The molecule has 0 bridgehead atoms. The molecule has 0 aliphatic heterocycles. The normalized spacial score (nSPS) is 10.1. The van der Waals surface area contributed by atoms with Gasteiger partial charge in [-0.15, -0.1) is 0 Å². The topological polar surface area (TPSA) is 61.8 Å². The van der Waals surface area contributed by atoms with Crippen molar-refractivity contribution in [1.29, 1.82) is 0 Å². The van der Waals surface area contributed by atoms with Crippen molar-refractivity contribution in [2.75, 3.05) is 7.11 Å². The maximum Gasteiger partial charge on any atom is 0.343 e. The highest BCUT2D eigenvalue weighted by Gasteiger charge is 2.16. The van der Waals surface area contributed by atoms with E-state index in [0.717, 1.165) is 5.56 Å². The van der Waals surface area contributed by atoms with Crippen LogP contribution in [0.1, 0.15) is 26.3 Å². The lowest BCUT2D eigenvalue weighted by molar-refractivity contribution is 0.0682. The Labute approximate surface area is 157 Å². The maximum absolute atomic E-state index is 12.4. The van der Waals surface area contributed by atoms with E-state index >= 15 is 0 Å². The largest absolute Gasteiger partial charge is 0.497 e. The predicted molar refractivity (Wildman–Crippen MR) is 101 cm³/mol. The predicted octanol–water partition coefficient (Wildman–Crippen LogP) is 4.44. The summed E-state index contributed by atoms with van der Waals surface area (Å²) in [5, 5.41) is 0. The van der Waals surface area contributed by atoms with Crippen LogP contribution in [0.2, 0.25) is 0 Å². The number of carbonyl (C=O) groups excluding carboxylic acids is 2. The number of ether oxygens (including phenoxy) is 3. The second kappa shape index (κ2) is 8.19. The summed E-state index contributed by atoms with van der Waals surface area (Å²) in [6.45, 7) is 1.93. The smallest absolute Gasteiger partial charge is 0.343 e. The first-order valence-corrected chi connectivity index (χ1v) is 8.31. The molecule has 136 valence electrons. The van der Waals surface area contributed by atoms with Crippen molar-refractivity contribution in [2.45, 2.75) is 6.92 Å². The number of methoxy groups -OCH3 is 1. The Hall–Kier alpha value is -3.60. The molecule has 0 atom stereocenters. The average Bonchev–Trinajstić information content (AvgIpc) is 2.70. The molecule has 0 fully saturated rings. The molecule has 5 heteroatoms. The van der Waals surface area contributed by atoms with E-state index in [1.165, 1.54) is 0 Å². The highest BCUT2D eigenvalue weighted by Crippen LogP contribution is 2.28. The summed E-state index contributed by atoms with van der Waals surface area (Å²) in [7, 11) is 1.55. The number of para-hydroxylation sites is 2. The third kappa shape index (κ3) is 4.52. The molecular formula is C22H18O5. The molecule has 3 aromatic rings. The Morgan fingerprint density at radius 1 is 0.667 bits per heavy atom. The van der Waals surface area contributed by atoms with Crippen molar-refractivity contribution in [3.05, 3.63) is 89.5 Å². The lowest BCUT2D eigenvalue weighted by atomic mass is 10.1. The summed E-state index contributed by atoms with van der Waals surface area (Å²) in [6, 6.07) is 20.1. The molecule has 0 spiro atoms. The van der Waals surface area contributed by atoms with Crippen LogP contribution in [0, 0.1) is 6.92 Å². The third-order valence-corrected chi connectivity index (χ3v) is 3.87. The zero-order valence-electron chi connectivity index (χ0n) is 15.0. The van der Waals surface area contributed by atoms with Crippen LogP contribution in [0.25, 0.3) is 0 Å². The van der Waals surface area contributed by atoms with Crippen molar-refractivity contribution < 1.29 is 23.8 Å². The van der Waals surface area contributed by atoms with Gasteiger partial charge in [0.25, 0.3) is 0 Å². The summed E-state index contributed by atoms with van der Waals surface area (Å²) in [5.74, 6) is -0.109. The van der Waals surface area contributed by atoms with Gasteiger partial charge in [-0.3, -0.25) is 0 Å². The molecule has 27 heavy (non-hydrogen) atoms. The minimum atomic E-state index is -0.559. The van der Waals surface area contributed by atoms with Gasteiger partial charge in [0.15, 0.2) is 11.5 Å². The SMILES string of the molecule is COc1ccc(C(=O)Oc2ccccc2OC(=O)c2ccc(C)cc2)cc1. The molecule has 3 rings (SSSR count). The first-order chi connectivity index (χ1) is 13.1. The van der Waals surface area contributed by atoms with Gasteiger partial charge in [-0.05, 0) is 55.5 Å². The number of aryl methyl sites for hydroxylation is 1. The van der Waals surface area contributed by atoms with E-state index < -0.39 is 11.9 Å². The van der Waals surface area contributed by atoms with Crippen molar-refractivity contribution in [3.8, 4) is 17.2 Å². The number of benzene rings is 3. The molecule has 0 heterocycles. The fourth-order valence-electron chi connectivity index (χ4n) is 2.35. The zero-order chi connectivity index (χ0) is 19.2. The summed E-state index contributed by atoms with van der Waals surface area (Å²) < 4.78 is 15.9. The minimum Gasteiger partial charge on any atom is -0.497 e. The molecule has 0 aliphatic carbocycles. The zero-order valence-corrected chi connectivity index (χ0v) is 15.0. The molecule has 0 aliphatic rings. The first kappa shape index (κ1) is 18.2. The number of carbonyl (C=O) groups is 2. The Morgan fingerprint density at radius 2 is 1.11 bits per heavy atom. The van der Waals surface area contributed by atoms with E-state index in [1.54, 1.807) is 67.8 Å². The van der Waals surface area contributed by atoms with Gasteiger partial charge in [-0.1, -0.05) is 29.8 Å². The van der Waals surface area contributed by atoms with Gasteiger partial charge in [0.2, 0.25) is 0 Å². The van der Waals surface area contributed by atoms with Crippen LogP contribution in [0.4, 0.5) is 0 Å². The summed E-state index contributed by atoms with van der Waals surface area (Å²) in [5.41, 5.74) is 1.81. The Bertz CT molecular complexity index is 943. The summed E-state index contributed by atoms with van der Waals surface area (Å²) >= 11 is 0. The molecule has 0 N–H and O–H groups in total. The van der Waals surface area contributed by atoms with Crippen molar-refractivity contribution in [2.24, 2.45) is 0 Å². The number of hydrogen-bond acceptors (Lipinski definition) is 5. The lowest BCUT2D eigenvalue weighted by Crippen LogP contribution is -2.12. The fraction of sp³-hybridized carbons (Fsp3) is 0.0909. The van der Waals surface area contributed by atoms with E-state index in [0.29, 0.717) is 16.9 Å². The monoisotopic (exact) mass is 362 g/mol. The van der Waals surface area contributed by atoms with E-state index in [-0.39, 0.29) is 11.5 Å². The van der Waals surface area contributed by atoms with Gasteiger partial charge in [-0.2, -0.15) is 0 Å². The molecule has 0 radical (unpaired) electrons.